The first-order chi connectivity index (χ1) is 39.0. The molecular formula is C73H139NO5. The van der Waals surface area contributed by atoms with Gasteiger partial charge in [-0.15, -0.1) is 0 Å². The van der Waals surface area contributed by atoms with Crippen molar-refractivity contribution < 1.29 is 24.5 Å². The minimum absolute atomic E-state index is 0.00894. The average molecular weight is 1110 g/mol. The summed E-state index contributed by atoms with van der Waals surface area (Å²) in [4.78, 5) is 24.5. The van der Waals surface area contributed by atoms with Crippen LogP contribution in [0.25, 0.3) is 0 Å². The molecule has 0 saturated carbocycles. The van der Waals surface area contributed by atoms with Crippen molar-refractivity contribution in [3.8, 4) is 0 Å². The van der Waals surface area contributed by atoms with Gasteiger partial charge in [-0.1, -0.05) is 333 Å². The number of aliphatic hydroxyl groups is 2. The van der Waals surface area contributed by atoms with Gasteiger partial charge in [0.1, 0.15) is 0 Å². The maximum atomic E-state index is 12.5. The number of hydrogen-bond acceptors (Lipinski definition) is 5. The van der Waals surface area contributed by atoms with Crippen molar-refractivity contribution in [2.45, 2.75) is 405 Å². The monoisotopic (exact) mass is 1110 g/mol. The molecule has 1 amide bonds. The summed E-state index contributed by atoms with van der Waals surface area (Å²) in [6.07, 6.45) is 88.0. The highest BCUT2D eigenvalue weighted by Crippen LogP contribution is 2.18. The zero-order valence-corrected chi connectivity index (χ0v) is 53.4. The van der Waals surface area contributed by atoms with E-state index in [1.54, 1.807) is 6.08 Å². The molecule has 2 atom stereocenters. The molecule has 6 nitrogen and oxygen atoms in total. The van der Waals surface area contributed by atoms with Crippen molar-refractivity contribution in [3.63, 3.8) is 0 Å². The lowest BCUT2D eigenvalue weighted by molar-refractivity contribution is -0.143. The van der Waals surface area contributed by atoms with Crippen molar-refractivity contribution in [2.75, 3.05) is 13.2 Å². The summed E-state index contributed by atoms with van der Waals surface area (Å²) in [6.45, 7) is 4.92. The highest BCUT2D eigenvalue weighted by atomic mass is 16.5. The molecule has 3 N–H and O–H groups in total. The zero-order valence-electron chi connectivity index (χ0n) is 53.4. The van der Waals surface area contributed by atoms with Gasteiger partial charge in [-0.05, 0) is 83.5 Å². The Balaban J connectivity index is 3.37. The Bertz CT molecular complexity index is 1280. The highest BCUT2D eigenvalue weighted by molar-refractivity contribution is 5.76. The van der Waals surface area contributed by atoms with E-state index in [9.17, 15) is 19.8 Å². The number of nitrogens with one attached hydrogen (secondary N) is 1. The lowest BCUT2D eigenvalue weighted by atomic mass is 10.0. The molecule has 79 heavy (non-hydrogen) atoms. The van der Waals surface area contributed by atoms with E-state index in [4.69, 9.17) is 4.74 Å². The first-order valence-corrected chi connectivity index (χ1v) is 35.8. The van der Waals surface area contributed by atoms with E-state index in [0.29, 0.717) is 19.4 Å². The number of rotatable bonds is 67. The van der Waals surface area contributed by atoms with Crippen LogP contribution in [0, 0.1) is 0 Å². The molecule has 0 aliphatic carbocycles. The number of unbranched alkanes of at least 4 members (excludes halogenated alkanes) is 52. The molecule has 0 aliphatic rings. The zero-order chi connectivity index (χ0) is 57.1. The van der Waals surface area contributed by atoms with Crippen LogP contribution >= 0.6 is 0 Å². The van der Waals surface area contributed by atoms with E-state index in [-0.39, 0.29) is 18.5 Å². The number of allylic oxidation sites excluding steroid dienone is 5. The molecule has 0 saturated heterocycles. The van der Waals surface area contributed by atoms with Gasteiger partial charge in [0.25, 0.3) is 0 Å². The molecule has 0 fully saturated rings. The second kappa shape index (κ2) is 68.6. The second-order valence-electron chi connectivity index (χ2n) is 24.6. The van der Waals surface area contributed by atoms with Crippen LogP contribution in [0.3, 0.4) is 0 Å². The normalized spacial score (nSPS) is 12.7. The summed E-state index contributed by atoms with van der Waals surface area (Å²) in [5, 5.41) is 23.2. The predicted molar refractivity (Wildman–Crippen MR) is 347 cm³/mol. The third kappa shape index (κ3) is 65.1. The number of carbonyl (C=O) groups excluding carboxylic acids is 2. The first kappa shape index (κ1) is 77.1. The van der Waals surface area contributed by atoms with Gasteiger partial charge in [-0.2, -0.15) is 0 Å². The Morgan fingerprint density at radius 3 is 0.911 bits per heavy atom. The van der Waals surface area contributed by atoms with Gasteiger partial charge in [-0.3, -0.25) is 9.59 Å². The van der Waals surface area contributed by atoms with Gasteiger partial charge in [0, 0.05) is 12.8 Å². The standard InChI is InChI=1S/C73H139NO5/c1-3-5-7-9-11-13-15-17-18-35-38-42-45-49-53-57-61-65-71(76)70(69-75)74-72(77)66-62-58-54-50-46-43-39-36-33-31-29-27-25-23-21-19-20-22-24-26-28-30-32-34-37-40-44-48-52-56-60-64-68-79-73(78)67-63-59-55-51-47-41-16-14-12-10-8-6-4-2/h14,16,22,24,61,65,70-71,75-76H,3-13,15,17-21,23,25-60,62-64,66-69H2,1-2H3,(H,74,77)/b16-14-,24-22-,65-61+. The van der Waals surface area contributed by atoms with Crippen LogP contribution in [0.2, 0.25) is 0 Å². The smallest absolute Gasteiger partial charge is 0.305 e. The Labute approximate surface area is 494 Å². The SMILES string of the molecule is CCCCCC/C=C\CCCCCCCC(=O)OCCCCCCCCCCCCCC/C=C\CCCCCCCCCCCCCCCCCCC(=O)NC(CO)C(O)/C=C/CCCCCCCCCCCCCCCCC. The van der Waals surface area contributed by atoms with Crippen molar-refractivity contribution in [1.29, 1.82) is 0 Å². The summed E-state index contributed by atoms with van der Waals surface area (Å²) >= 11 is 0. The fourth-order valence-corrected chi connectivity index (χ4v) is 11.2. The molecule has 2 unspecified atom stereocenters. The van der Waals surface area contributed by atoms with E-state index < -0.39 is 12.1 Å². The molecule has 0 heterocycles. The van der Waals surface area contributed by atoms with E-state index in [1.807, 2.05) is 6.08 Å². The third-order valence-corrected chi connectivity index (χ3v) is 16.6. The molecule has 0 aliphatic heterocycles. The molecule has 0 bridgehead atoms. The van der Waals surface area contributed by atoms with Crippen molar-refractivity contribution in [2.24, 2.45) is 0 Å². The van der Waals surface area contributed by atoms with Crippen LogP contribution in [-0.4, -0.2) is 47.4 Å². The third-order valence-electron chi connectivity index (χ3n) is 16.6. The Morgan fingerprint density at radius 1 is 0.342 bits per heavy atom. The van der Waals surface area contributed by atoms with Gasteiger partial charge in [-0.25, -0.2) is 0 Å². The lowest BCUT2D eigenvalue weighted by Crippen LogP contribution is -2.45. The van der Waals surface area contributed by atoms with Crippen LogP contribution in [-0.2, 0) is 14.3 Å². The molecule has 466 valence electrons. The summed E-state index contributed by atoms with van der Waals surface area (Å²) in [5.41, 5.74) is 0. The van der Waals surface area contributed by atoms with Crippen LogP contribution in [0.15, 0.2) is 36.5 Å². The maximum Gasteiger partial charge on any atom is 0.305 e. The van der Waals surface area contributed by atoms with E-state index in [2.05, 4.69) is 43.5 Å². The quantitative estimate of drug-likeness (QED) is 0.0320. The first-order valence-electron chi connectivity index (χ1n) is 35.8. The summed E-state index contributed by atoms with van der Waals surface area (Å²) in [6, 6.07) is -0.626. The number of amides is 1. The Kier molecular flexibility index (Phi) is 66.9. The van der Waals surface area contributed by atoms with Gasteiger partial charge >= 0.3 is 5.97 Å². The number of hydrogen-bond donors (Lipinski definition) is 3. The summed E-state index contributed by atoms with van der Waals surface area (Å²) in [5.74, 6) is -0.0536. The molecule has 0 aromatic heterocycles. The van der Waals surface area contributed by atoms with Crippen LogP contribution in [0.1, 0.15) is 393 Å². The maximum absolute atomic E-state index is 12.5. The fraction of sp³-hybridized carbons (Fsp3) is 0.890. The number of ether oxygens (including phenoxy) is 1. The summed E-state index contributed by atoms with van der Waals surface area (Å²) < 4.78 is 5.48. The van der Waals surface area contributed by atoms with Gasteiger partial charge in [0.15, 0.2) is 0 Å². The fourth-order valence-electron chi connectivity index (χ4n) is 11.2. The highest BCUT2D eigenvalue weighted by Gasteiger charge is 2.18. The van der Waals surface area contributed by atoms with Crippen LogP contribution in [0.4, 0.5) is 0 Å². The van der Waals surface area contributed by atoms with E-state index in [0.717, 1.165) is 44.9 Å². The molecule has 0 radical (unpaired) electrons. The summed E-state index contributed by atoms with van der Waals surface area (Å²) in [7, 11) is 0. The van der Waals surface area contributed by atoms with Gasteiger partial charge in [0.2, 0.25) is 5.91 Å². The van der Waals surface area contributed by atoms with Crippen LogP contribution < -0.4 is 5.32 Å². The number of esters is 1. The van der Waals surface area contributed by atoms with Crippen LogP contribution in [0.5, 0.6) is 0 Å². The van der Waals surface area contributed by atoms with Gasteiger partial charge < -0.3 is 20.3 Å². The molecule has 0 rings (SSSR count). The lowest BCUT2D eigenvalue weighted by Gasteiger charge is -2.20. The molecule has 6 heteroatoms. The Morgan fingerprint density at radius 2 is 0.595 bits per heavy atom. The predicted octanol–water partition coefficient (Wildman–Crippen LogP) is 23.1. The minimum atomic E-state index is -0.843. The van der Waals surface area contributed by atoms with E-state index >= 15 is 0 Å². The van der Waals surface area contributed by atoms with Crippen molar-refractivity contribution in [3.05, 3.63) is 36.5 Å². The topological polar surface area (TPSA) is 95.9 Å². The van der Waals surface area contributed by atoms with Crippen molar-refractivity contribution in [1.82, 2.24) is 5.32 Å². The van der Waals surface area contributed by atoms with E-state index in [1.165, 1.54) is 321 Å². The number of aliphatic hydroxyl groups excluding tert-OH is 2. The molecular weight excluding hydrogens is 971 g/mol. The second-order valence-corrected chi connectivity index (χ2v) is 24.6. The molecule has 0 spiro atoms. The molecule has 0 aromatic rings. The molecule has 0 aromatic carbocycles. The largest absolute Gasteiger partial charge is 0.466 e. The minimum Gasteiger partial charge on any atom is -0.466 e. The van der Waals surface area contributed by atoms with Crippen molar-refractivity contribution >= 4 is 11.9 Å². The number of carbonyl (C=O) groups is 2. The van der Waals surface area contributed by atoms with Gasteiger partial charge in [0.05, 0.1) is 25.4 Å². The average Bonchev–Trinajstić information content (AvgIpc) is 3.45. The Hall–Kier alpha value is -1.92.